The van der Waals surface area contributed by atoms with E-state index >= 15 is 0 Å². The molecule has 1 N–H and O–H groups in total. The molecule has 7 heteroatoms. The number of carbonyl (C=O) groups excluding carboxylic acids is 1. The first-order valence-corrected chi connectivity index (χ1v) is 9.30. The molecular weight excluding hydrogens is 352 g/mol. The summed E-state index contributed by atoms with van der Waals surface area (Å²) in [5.74, 6) is 0.590. The van der Waals surface area contributed by atoms with Crippen molar-refractivity contribution in [1.29, 1.82) is 0 Å². The average molecular weight is 379 g/mol. The van der Waals surface area contributed by atoms with Crippen molar-refractivity contribution in [3.05, 3.63) is 46.7 Å². The van der Waals surface area contributed by atoms with E-state index in [1.165, 1.54) is 6.20 Å². The van der Waals surface area contributed by atoms with Gasteiger partial charge in [-0.3, -0.25) is 14.4 Å². The highest BCUT2D eigenvalue weighted by molar-refractivity contribution is 6.33. The van der Waals surface area contributed by atoms with Gasteiger partial charge < -0.3 is 10.1 Å². The maximum atomic E-state index is 12.7. The molecule has 0 aliphatic heterocycles. The Bertz CT molecular complexity index is 728. The highest BCUT2D eigenvalue weighted by Gasteiger charge is 2.22. The fraction of sp³-hybridized carbons (Fsp3) is 0.474. The molecule has 0 aliphatic rings. The van der Waals surface area contributed by atoms with Gasteiger partial charge >= 0.3 is 0 Å². The fourth-order valence-corrected chi connectivity index (χ4v) is 3.30. The van der Waals surface area contributed by atoms with Crippen LogP contribution in [0.3, 0.4) is 0 Å². The summed E-state index contributed by atoms with van der Waals surface area (Å²) in [6.45, 7) is 8.96. The smallest absolute Gasteiger partial charge is 0.271 e. The summed E-state index contributed by atoms with van der Waals surface area (Å²) in [5, 5.41) is 7.51. The molecule has 26 heavy (non-hydrogen) atoms. The van der Waals surface area contributed by atoms with Crippen LogP contribution in [0.4, 0.5) is 0 Å². The summed E-state index contributed by atoms with van der Waals surface area (Å²) in [7, 11) is 1.65. The predicted molar refractivity (Wildman–Crippen MR) is 104 cm³/mol. The van der Waals surface area contributed by atoms with Crippen molar-refractivity contribution >= 4 is 17.5 Å². The molecule has 1 aromatic heterocycles. The van der Waals surface area contributed by atoms with Crippen molar-refractivity contribution in [2.24, 2.45) is 0 Å². The Morgan fingerprint density at radius 1 is 1.35 bits per heavy atom. The Morgan fingerprint density at radius 3 is 2.69 bits per heavy atom. The van der Waals surface area contributed by atoms with E-state index in [-0.39, 0.29) is 11.9 Å². The molecule has 0 spiro atoms. The van der Waals surface area contributed by atoms with E-state index < -0.39 is 0 Å². The molecule has 1 unspecified atom stereocenters. The Labute approximate surface area is 160 Å². The monoisotopic (exact) mass is 378 g/mol. The van der Waals surface area contributed by atoms with Gasteiger partial charge in [0.2, 0.25) is 0 Å². The third-order valence-corrected chi connectivity index (χ3v) is 4.77. The minimum absolute atomic E-state index is 0.0424. The van der Waals surface area contributed by atoms with Gasteiger partial charge in [0.15, 0.2) is 0 Å². The number of nitrogens with zero attached hydrogens (tertiary/aromatic N) is 3. The number of amides is 1. The lowest BCUT2D eigenvalue weighted by Crippen LogP contribution is -2.38. The Kier molecular flexibility index (Phi) is 7.48. The lowest BCUT2D eigenvalue weighted by molar-refractivity contribution is 0.0924. The molecule has 0 radical (unpaired) electrons. The van der Waals surface area contributed by atoms with E-state index in [0.29, 0.717) is 23.8 Å². The van der Waals surface area contributed by atoms with Gasteiger partial charge in [-0.05, 0) is 37.7 Å². The van der Waals surface area contributed by atoms with Crippen molar-refractivity contribution < 1.29 is 9.53 Å². The zero-order chi connectivity index (χ0) is 19.1. The lowest BCUT2D eigenvalue weighted by atomic mass is 10.0. The molecule has 0 fully saturated rings. The molecule has 0 saturated carbocycles. The number of aromatic nitrogens is 2. The number of aryl methyl sites for hydroxylation is 1. The van der Waals surface area contributed by atoms with Crippen LogP contribution in [0.5, 0.6) is 5.75 Å². The Balaban J connectivity index is 2.21. The number of methoxy groups -OCH3 is 1. The highest BCUT2D eigenvalue weighted by Crippen LogP contribution is 2.24. The van der Waals surface area contributed by atoms with Crippen LogP contribution < -0.4 is 10.1 Å². The zero-order valence-corrected chi connectivity index (χ0v) is 16.6. The normalized spacial score (nSPS) is 12.2. The van der Waals surface area contributed by atoms with Gasteiger partial charge in [0.1, 0.15) is 11.4 Å². The fourth-order valence-electron chi connectivity index (χ4n) is 3.07. The summed E-state index contributed by atoms with van der Waals surface area (Å²) in [6.07, 6.45) is 1.50. The summed E-state index contributed by atoms with van der Waals surface area (Å²) in [5.41, 5.74) is 1.50. The van der Waals surface area contributed by atoms with E-state index in [2.05, 4.69) is 35.2 Å². The topological polar surface area (TPSA) is 59.4 Å². The molecule has 2 aromatic rings. The number of ether oxygens (including phenoxy) is 1. The van der Waals surface area contributed by atoms with E-state index in [4.69, 9.17) is 16.3 Å². The second-order valence-corrected chi connectivity index (χ2v) is 6.29. The van der Waals surface area contributed by atoms with Gasteiger partial charge in [0.25, 0.3) is 5.91 Å². The second-order valence-electron chi connectivity index (χ2n) is 5.88. The van der Waals surface area contributed by atoms with Gasteiger partial charge in [0, 0.05) is 13.1 Å². The molecule has 0 saturated heterocycles. The summed E-state index contributed by atoms with van der Waals surface area (Å²) in [4.78, 5) is 15.0. The highest BCUT2D eigenvalue weighted by atomic mass is 35.5. The summed E-state index contributed by atoms with van der Waals surface area (Å²) in [6, 6.07) is 8.00. The number of carbonyl (C=O) groups is 1. The minimum Gasteiger partial charge on any atom is -0.497 e. The van der Waals surface area contributed by atoms with Crippen LogP contribution in [0.1, 0.15) is 42.9 Å². The molecule has 142 valence electrons. The van der Waals surface area contributed by atoms with Crippen molar-refractivity contribution in [3.8, 4) is 5.75 Å². The molecule has 1 aromatic carbocycles. The number of rotatable bonds is 9. The number of benzene rings is 1. The number of nitrogens with one attached hydrogen (secondary N) is 1. The van der Waals surface area contributed by atoms with Gasteiger partial charge in [-0.1, -0.05) is 37.6 Å². The lowest BCUT2D eigenvalue weighted by Gasteiger charge is -2.30. The van der Waals surface area contributed by atoms with E-state index in [1.807, 2.05) is 25.1 Å². The second kappa shape index (κ2) is 9.59. The van der Waals surface area contributed by atoms with E-state index in [9.17, 15) is 4.79 Å². The number of likely N-dealkylation sites (N-methyl/N-ethyl adjacent to an activating group) is 1. The quantitative estimate of drug-likeness (QED) is 0.726. The Morgan fingerprint density at radius 2 is 2.08 bits per heavy atom. The van der Waals surface area contributed by atoms with Crippen molar-refractivity contribution in [3.63, 3.8) is 0 Å². The molecule has 1 amide bonds. The first kappa shape index (κ1) is 20.3. The molecule has 1 atom stereocenters. The molecule has 1 heterocycles. The van der Waals surface area contributed by atoms with Gasteiger partial charge in [-0.2, -0.15) is 5.10 Å². The number of hydrogen-bond acceptors (Lipinski definition) is 4. The van der Waals surface area contributed by atoms with Crippen LogP contribution >= 0.6 is 11.6 Å². The molecular formula is C19H27ClN4O2. The van der Waals surface area contributed by atoms with E-state index in [1.54, 1.807) is 11.8 Å². The van der Waals surface area contributed by atoms with Crippen LogP contribution in [-0.2, 0) is 6.54 Å². The third-order valence-electron chi connectivity index (χ3n) is 4.50. The van der Waals surface area contributed by atoms with Crippen LogP contribution in [0.25, 0.3) is 0 Å². The predicted octanol–water partition coefficient (Wildman–Crippen LogP) is 3.38. The minimum atomic E-state index is -0.214. The summed E-state index contributed by atoms with van der Waals surface area (Å²) < 4.78 is 6.95. The molecule has 6 nitrogen and oxygen atoms in total. The van der Waals surface area contributed by atoms with E-state index in [0.717, 1.165) is 24.4 Å². The largest absolute Gasteiger partial charge is 0.497 e. The summed E-state index contributed by atoms with van der Waals surface area (Å²) >= 11 is 6.14. The SMILES string of the molecule is CCN(CC)C(CNC(=O)c1c(Cl)cnn1CC)c1cccc(OC)c1. The van der Waals surface area contributed by atoms with Gasteiger partial charge in [-0.25, -0.2) is 0 Å². The maximum Gasteiger partial charge on any atom is 0.271 e. The zero-order valence-electron chi connectivity index (χ0n) is 15.8. The average Bonchev–Trinajstić information content (AvgIpc) is 3.05. The third kappa shape index (κ3) is 4.56. The van der Waals surface area contributed by atoms with Crippen molar-refractivity contribution in [1.82, 2.24) is 20.0 Å². The van der Waals surface area contributed by atoms with Crippen LogP contribution in [0.2, 0.25) is 5.02 Å². The van der Waals surface area contributed by atoms with Crippen molar-refractivity contribution in [2.45, 2.75) is 33.4 Å². The number of halogens is 1. The molecule has 0 aliphatic carbocycles. The first-order chi connectivity index (χ1) is 12.5. The van der Waals surface area contributed by atoms with Crippen LogP contribution in [0.15, 0.2) is 30.5 Å². The van der Waals surface area contributed by atoms with Crippen LogP contribution in [-0.4, -0.2) is 47.3 Å². The number of hydrogen-bond donors (Lipinski definition) is 1. The molecule has 2 rings (SSSR count). The van der Waals surface area contributed by atoms with Crippen molar-refractivity contribution in [2.75, 3.05) is 26.7 Å². The first-order valence-electron chi connectivity index (χ1n) is 8.93. The van der Waals surface area contributed by atoms with Crippen LogP contribution in [0, 0.1) is 0 Å². The van der Waals surface area contributed by atoms with Gasteiger partial charge in [0.05, 0.1) is 24.4 Å². The van der Waals surface area contributed by atoms with Gasteiger partial charge in [-0.15, -0.1) is 0 Å². The maximum absolute atomic E-state index is 12.7. The standard InChI is InChI=1S/C19H27ClN4O2/c1-5-23(6-2)17(14-9-8-10-15(11-14)26-4)13-21-19(25)18-16(20)12-22-24(18)7-3/h8-12,17H,5-7,13H2,1-4H3,(H,21,25). The molecule has 0 bridgehead atoms. The Hall–Kier alpha value is -2.05.